The molecule has 0 bridgehead atoms. The molecular weight excluding hydrogens is 563 g/mol. The molecule has 0 radical (unpaired) electrons. The number of ether oxygens (including phenoxy) is 1. The first-order valence-electron chi connectivity index (χ1n) is 13.4. The summed E-state index contributed by atoms with van der Waals surface area (Å²) in [5, 5.41) is 6.66. The van der Waals surface area contributed by atoms with Gasteiger partial charge in [0, 0.05) is 30.6 Å². The van der Waals surface area contributed by atoms with E-state index in [0.29, 0.717) is 27.9 Å². The minimum absolute atomic E-state index is 0.0527. The molecule has 0 aliphatic carbocycles. The third kappa shape index (κ3) is 5.69. The Labute approximate surface area is 247 Å². The largest absolute Gasteiger partial charge is 0.495 e. The normalized spacial score (nSPS) is 16.8. The summed E-state index contributed by atoms with van der Waals surface area (Å²) in [7, 11) is 1.53. The number of benzene rings is 2. The first kappa shape index (κ1) is 29.1. The van der Waals surface area contributed by atoms with Crippen LogP contribution in [0.1, 0.15) is 46.7 Å². The zero-order valence-corrected chi connectivity index (χ0v) is 24.1. The molecule has 2 atom stereocenters. The number of halogens is 3. The summed E-state index contributed by atoms with van der Waals surface area (Å²) in [6.45, 7) is 3.85. The number of alkyl halides is 3. The average Bonchev–Trinajstić information content (AvgIpc) is 3.46. The van der Waals surface area contributed by atoms with Crippen LogP contribution in [-0.2, 0) is 11.0 Å². The molecule has 3 heterocycles. The van der Waals surface area contributed by atoms with Crippen molar-refractivity contribution in [3.63, 3.8) is 0 Å². The van der Waals surface area contributed by atoms with Gasteiger partial charge in [0.1, 0.15) is 5.75 Å². The van der Waals surface area contributed by atoms with Crippen molar-refractivity contribution >= 4 is 28.9 Å². The van der Waals surface area contributed by atoms with E-state index in [1.54, 1.807) is 48.9 Å². The fraction of sp³-hybridized carbons (Fsp3) is 0.258. The highest BCUT2D eigenvalue weighted by Gasteiger charge is 2.42. The number of nitrogens with zero attached hydrogens (tertiary/aromatic N) is 3. The van der Waals surface area contributed by atoms with Gasteiger partial charge in [-0.2, -0.15) is 13.2 Å². The van der Waals surface area contributed by atoms with Gasteiger partial charge < -0.3 is 24.8 Å². The molecule has 2 N–H and O–H groups in total. The molecule has 1 saturated heterocycles. The van der Waals surface area contributed by atoms with Crippen LogP contribution in [-0.4, -0.2) is 39.1 Å². The molecule has 1 aliphatic rings. The van der Waals surface area contributed by atoms with E-state index >= 15 is 0 Å². The van der Waals surface area contributed by atoms with Gasteiger partial charge in [0.25, 0.3) is 0 Å². The summed E-state index contributed by atoms with van der Waals surface area (Å²) in [6, 6.07) is 19.3. The highest BCUT2D eigenvalue weighted by Crippen LogP contribution is 2.43. The second-order valence-electron chi connectivity index (χ2n) is 10.00. The summed E-state index contributed by atoms with van der Waals surface area (Å²) in [5.41, 5.74) is 2.70. The number of thiocarbonyl (C=S) groups is 1. The predicted octanol–water partition coefficient (Wildman–Crippen LogP) is 6.52. The molecule has 4 aromatic rings. The smallest absolute Gasteiger partial charge is 0.418 e. The highest BCUT2D eigenvalue weighted by atomic mass is 32.1. The molecule has 0 saturated carbocycles. The summed E-state index contributed by atoms with van der Waals surface area (Å²) in [4.78, 5) is 19.5. The van der Waals surface area contributed by atoms with Gasteiger partial charge in [-0.15, -0.1) is 0 Å². The number of carbonyl (C=O) groups is 1. The monoisotopic (exact) mass is 593 g/mol. The Bertz CT molecular complexity index is 1610. The Morgan fingerprint density at radius 2 is 1.79 bits per heavy atom. The number of aromatic nitrogens is 2. The molecule has 2 aromatic heterocycles. The number of aryl methyl sites for hydroxylation is 1. The summed E-state index contributed by atoms with van der Waals surface area (Å²) >= 11 is 5.74. The number of para-hydroxylation sites is 3. The van der Waals surface area contributed by atoms with Crippen molar-refractivity contribution in [1.29, 1.82) is 0 Å². The lowest BCUT2D eigenvalue weighted by Gasteiger charge is -2.28. The molecule has 218 valence electrons. The molecule has 0 unspecified atom stereocenters. The maximum atomic E-state index is 14.0. The Morgan fingerprint density at radius 3 is 2.50 bits per heavy atom. The van der Waals surface area contributed by atoms with Crippen LogP contribution in [0.4, 0.5) is 18.9 Å². The quantitative estimate of drug-likeness (QED) is 0.227. The summed E-state index contributed by atoms with van der Waals surface area (Å²) in [5.74, 6) is 0.316. The molecule has 1 fully saturated rings. The first-order chi connectivity index (χ1) is 20.1. The molecule has 1 aliphatic heterocycles. The third-order valence-electron chi connectivity index (χ3n) is 7.40. The highest BCUT2D eigenvalue weighted by molar-refractivity contribution is 7.80. The van der Waals surface area contributed by atoms with Crippen molar-refractivity contribution in [2.75, 3.05) is 19.0 Å². The lowest BCUT2D eigenvalue weighted by molar-refractivity contribution is -0.137. The first-order valence-corrected chi connectivity index (χ1v) is 13.8. The standard InChI is InChI=1S/C31H30F3N5O2S/c1-19-18-21(20(2)39(19)25-13-6-4-10-22(25)31(32,33)34)29-28(24-12-8-9-16-35-24)37-30(42)38(29)17-15-27(40)36-23-11-5-7-14-26(23)41-3/h4-14,16,18,28-29H,15,17H2,1-3H3,(H,36,40)(H,37,42)/t28-,29-/m0/s1. The number of nitrogens with one attached hydrogen (secondary N) is 2. The molecule has 2 aromatic carbocycles. The number of rotatable bonds is 8. The Kier molecular flexibility index (Phi) is 8.22. The van der Waals surface area contributed by atoms with Crippen LogP contribution in [0.3, 0.4) is 0 Å². The Balaban J connectivity index is 1.51. The maximum absolute atomic E-state index is 14.0. The molecule has 0 spiro atoms. The van der Waals surface area contributed by atoms with E-state index in [1.165, 1.54) is 19.2 Å². The van der Waals surface area contributed by atoms with Crippen LogP contribution in [0.2, 0.25) is 0 Å². The minimum Gasteiger partial charge on any atom is -0.495 e. The van der Waals surface area contributed by atoms with Gasteiger partial charge in [0.05, 0.1) is 41.8 Å². The number of hydrogen-bond donors (Lipinski definition) is 2. The van der Waals surface area contributed by atoms with Crippen molar-refractivity contribution in [2.45, 2.75) is 38.5 Å². The van der Waals surface area contributed by atoms with Gasteiger partial charge >= 0.3 is 6.18 Å². The fourth-order valence-corrected chi connectivity index (χ4v) is 5.87. The molecule has 42 heavy (non-hydrogen) atoms. The lowest BCUT2D eigenvalue weighted by atomic mass is 9.96. The van der Waals surface area contributed by atoms with Gasteiger partial charge in [0.2, 0.25) is 5.91 Å². The van der Waals surface area contributed by atoms with Gasteiger partial charge in [-0.1, -0.05) is 30.3 Å². The molecule has 1 amide bonds. The van der Waals surface area contributed by atoms with Gasteiger partial charge in [0.15, 0.2) is 5.11 Å². The van der Waals surface area contributed by atoms with E-state index in [9.17, 15) is 18.0 Å². The predicted molar refractivity (Wildman–Crippen MR) is 159 cm³/mol. The van der Waals surface area contributed by atoms with Crippen LogP contribution in [0.5, 0.6) is 5.75 Å². The van der Waals surface area contributed by atoms with E-state index in [2.05, 4.69) is 15.6 Å². The van der Waals surface area contributed by atoms with Crippen molar-refractivity contribution in [3.8, 4) is 11.4 Å². The number of hydrogen-bond acceptors (Lipinski definition) is 4. The molecule has 7 nitrogen and oxygen atoms in total. The van der Waals surface area contributed by atoms with Crippen molar-refractivity contribution in [1.82, 2.24) is 19.8 Å². The van der Waals surface area contributed by atoms with Gasteiger partial charge in [-0.3, -0.25) is 9.78 Å². The van der Waals surface area contributed by atoms with Crippen LogP contribution < -0.4 is 15.4 Å². The van der Waals surface area contributed by atoms with E-state index in [-0.39, 0.29) is 30.6 Å². The Hall–Kier alpha value is -4.38. The van der Waals surface area contributed by atoms with Crippen molar-refractivity contribution < 1.29 is 22.7 Å². The maximum Gasteiger partial charge on any atom is 0.418 e. The minimum atomic E-state index is -4.52. The van der Waals surface area contributed by atoms with Crippen LogP contribution in [0, 0.1) is 13.8 Å². The number of anilines is 1. The topological polar surface area (TPSA) is 71.4 Å². The van der Waals surface area contributed by atoms with E-state index in [0.717, 1.165) is 17.3 Å². The molecule has 11 heteroatoms. The van der Waals surface area contributed by atoms with Gasteiger partial charge in [-0.05, 0) is 74.1 Å². The third-order valence-corrected chi connectivity index (χ3v) is 7.75. The zero-order chi connectivity index (χ0) is 30.0. The molecular formula is C31H30F3N5O2S. The average molecular weight is 594 g/mol. The number of methoxy groups -OCH3 is 1. The fourth-order valence-electron chi connectivity index (χ4n) is 5.53. The number of carbonyl (C=O) groups excluding carboxylic acids is 1. The van der Waals surface area contributed by atoms with Crippen LogP contribution >= 0.6 is 12.2 Å². The SMILES string of the molecule is COc1ccccc1NC(=O)CCN1C(=S)N[C@@H](c2ccccn2)[C@@H]1c1cc(C)n(-c2ccccc2C(F)(F)F)c1C. The molecule has 5 rings (SSSR count). The van der Waals surface area contributed by atoms with E-state index in [1.807, 2.05) is 35.2 Å². The second kappa shape index (κ2) is 11.8. The van der Waals surface area contributed by atoms with Crippen molar-refractivity contribution in [3.05, 3.63) is 107 Å². The van der Waals surface area contributed by atoms with E-state index < -0.39 is 17.8 Å². The Morgan fingerprint density at radius 1 is 1.07 bits per heavy atom. The lowest BCUT2D eigenvalue weighted by Crippen LogP contribution is -2.33. The number of amides is 1. The van der Waals surface area contributed by atoms with Crippen LogP contribution in [0.15, 0.2) is 79.0 Å². The second-order valence-corrected chi connectivity index (χ2v) is 10.4. The van der Waals surface area contributed by atoms with Crippen LogP contribution in [0.25, 0.3) is 5.69 Å². The van der Waals surface area contributed by atoms with Gasteiger partial charge in [-0.25, -0.2) is 0 Å². The summed E-state index contributed by atoms with van der Waals surface area (Å²) in [6.07, 6.45) is -2.72. The zero-order valence-electron chi connectivity index (χ0n) is 23.3. The number of pyridine rings is 1. The van der Waals surface area contributed by atoms with Crippen molar-refractivity contribution in [2.24, 2.45) is 0 Å². The summed E-state index contributed by atoms with van der Waals surface area (Å²) < 4.78 is 48.9. The van der Waals surface area contributed by atoms with E-state index in [4.69, 9.17) is 17.0 Å².